The van der Waals surface area contributed by atoms with Crippen LogP contribution in [-0.2, 0) is 10.8 Å². The summed E-state index contributed by atoms with van der Waals surface area (Å²) < 4.78 is 22.2. The van der Waals surface area contributed by atoms with Crippen LogP contribution in [0, 0.1) is 0 Å². The fraction of sp³-hybridized carbons (Fsp3) is 0.182. The molecule has 5 aromatic carbocycles. The van der Waals surface area contributed by atoms with Crippen LogP contribution < -0.4 is 25.9 Å². The van der Waals surface area contributed by atoms with Crippen LogP contribution in [0.2, 0.25) is 0 Å². The minimum absolute atomic E-state index is 0.0202. The lowest BCUT2D eigenvalue weighted by Gasteiger charge is -2.35. The Bertz CT molecular complexity index is 2710. The number of aromatic nitrogens is 3. The molecule has 0 bridgehead atoms. The highest BCUT2D eigenvalue weighted by molar-refractivity contribution is 6.98. The molecule has 0 atom stereocenters. The van der Waals surface area contributed by atoms with Crippen LogP contribution in [0.4, 0.5) is 0 Å². The van der Waals surface area contributed by atoms with Gasteiger partial charge in [0.2, 0.25) is 5.89 Å². The predicted octanol–water partition coefficient (Wildman–Crippen LogP) is 9.31. The van der Waals surface area contributed by atoms with Gasteiger partial charge in [0.1, 0.15) is 34.3 Å². The molecule has 0 unspecified atom stereocenters. The summed E-state index contributed by atoms with van der Waals surface area (Å²) in [5, 5.41) is 2.28. The van der Waals surface area contributed by atoms with Gasteiger partial charge >= 0.3 is 0 Å². The van der Waals surface area contributed by atoms with Gasteiger partial charge in [-0.25, -0.2) is 9.97 Å². The number of oxazole rings is 1. The molecule has 8 aromatic rings. The Hall–Kier alpha value is -5.82. The Balaban J connectivity index is 1.25. The molecule has 0 fully saturated rings. The summed E-state index contributed by atoms with van der Waals surface area (Å²) >= 11 is 0. The van der Waals surface area contributed by atoms with E-state index < -0.39 is 0 Å². The van der Waals surface area contributed by atoms with Gasteiger partial charge in [0, 0.05) is 28.0 Å². The van der Waals surface area contributed by atoms with E-state index in [2.05, 4.69) is 119 Å². The van der Waals surface area contributed by atoms with Gasteiger partial charge in [-0.1, -0.05) is 77.9 Å². The normalized spacial score (nSPS) is 13.6. The van der Waals surface area contributed by atoms with E-state index in [0.717, 1.165) is 89.2 Å². The number of fused-ring (bicyclic) bond motifs is 8. The highest BCUT2D eigenvalue weighted by atomic mass is 16.5. The Labute approximate surface area is 296 Å². The zero-order chi connectivity index (χ0) is 34.8. The quantitative estimate of drug-likeness (QED) is 0.172. The summed E-state index contributed by atoms with van der Waals surface area (Å²) in [6.45, 7) is 13.2. The van der Waals surface area contributed by atoms with Gasteiger partial charge in [0.25, 0.3) is 6.71 Å². The van der Waals surface area contributed by atoms with E-state index in [4.69, 9.17) is 23.9 Å². The molecule has 2 aliphatic rings. The molecule has 51 heavy (non-hydrogen) atoms. The van der Waals surface area contributed by atoms with Crippen LogP contribution in [0.1, 0.15) is 52.7 Å². The van der Waals surface area contributed by atoms with Crippen LogP contribution >= 0.6 is 0 Å². The number of hydrogen-bond donors (Lipinski definition) is 0. The number of nitrogens with zero attached hydrogens (tertiary/aromatic N) is 3. The molecule has 0 radical (unpaired) electrons. The van der Waals surface area contributed by atoms with Gasteiger partial charge in [0.15, 0.2) is 5.58 Å². The Morgan fingerprint density at radius 3 is 2.12 bits per heavy atom. The lowest BCUT2D eigenvalue weighted by atomic mass is 9.34. The second-order valence-corrected chi connectivity index (χ2v) is 15.9. The van der Waals surface area contributed by atoms with Crippen molar-refractivity contribution in [3.05, 3.63) is 120 Å². The van der Waals surface area contributed by atoms with E-state index in [9.17, 15) is 0 Å². The molecule has 0 saturated heterocycles. The van der Waals surface area contributed by atoms with Crippen molar-refractivity contribution in [1.82, 2.24) is 14.5 Å². The second kappa shape index (κ2) is 10.4. The van der Waals surface area contributed by atoms with Gasteiger partial charge in [-0.3, -0.25) is 4.57 Å². The van der Waals surface area contributed by atoms with E-state index in [-0.39, 0.29) is 17.5 Å². The van der Waals surface area contributed by atoms with Crippen LogP contribution in [0.25, 0.3) is 50.2 Å². The smallest absolute Gasteiger partial charge is 0.260 e. The van der Waals surface area contributed by atoms with E-state index in [0.29, 0.717) is 5.89 Å². The Kier molecular flexibility index (Phi) is 6.10. The van der Waals surface area contributed by atoms with Gasteiger partial charge in [-0.2, -0.15) is 0 Å². The zero-order valence-corrected chi connectivity index (χ0v) is 29.5. The minimum Gasteiger partial charge on any atom is -0.458 e. The molecule has 0 spiro atoms. The highest BCUT2D eigenvalue weighted by Gasteiger charge is 2.42. The molecule has 6 nitrogen and oxygen atoms in total. The van der Waals surface area contributed by atoms with Gasteiger partial charge in [-0.15, -0.1) is 0 Å². The summed E-state index contributed by atoms with van der Waals surface area (Å²) in [6, 6.07) is 36.0. The average molecular weight is 666 g/mol. The highest BCUT2D eigenvalue weighted by Crippen LogP contribution is 2.42. The molecular formula is C44H36BN3O3. The number of benzene rings is 5. The van der Waals surface area contributed by atoms with Crippen molar-refractivity contribution in [3.63, 3.8) is 0 Å². The molecule has 0 amide bonds. The number of rotatable bonds is 2. The average Bonchev–Trinajstić information content (AvgIpc) is 3.69. The first-order valence-corrected chi connectivity index (χ1v) is 17.6. The summed E-state index contributed by atoms with van der Waals surface area (Å²) in [5.74, 6) is 4.80. The van der Waals surface area contributed by atoms with E-state index >= 15 is 0 Å². The molecule has 3 aromatic heterocycles. The molecule has 7 heteroatoms. The number of ether oxygens (including phenoxy) is 2. The van der Waals surface area contributed by atoms with Crippen LogP contribution in [0.5, 0.6) is 23.0 Å². The molecular weight excluding hydrogens is 629 g/mol. The van der Waals surface area contributed by atoms with Crippen molar-refractivity contribution < 1.29 is 13.9 Å². The summed E-state index contributed by atoms with van der Waals surface area (Å²) in [5.41, 5.74) is 10.1. The van der Waals surface area contributed by atoms with Gasteiger partial charge in [-0.05, 0) is 99.6 Å². The molecule has 0 N–H and O–H groups in total. The molecule has 5 heterocycles. The lowest BCUT2D eigenvalue weighted by molar-refractivity contribution is 0.459. The molecule has 0 aliphatic carbocycles. The summed E-state index contributed by atoms with van der Waals surface area (Å²) in [7, 11) is 0. The third-order valence-corrected chi connectivity index (χ3v) is 10.5. The fourth-order valence-corrected chi connectivity index (χ4v) is 7.78. The fourth-order valence-electron chi connectivity index (χ4n) is 7.78. The van der Waals surface area contributed by atoms with E-state index in [1.807, 2.05) is 36.5 Å². The van der Waals surface area contributed by atoms with Crippen LogP contribution in [-0.4, -0.2) is 21.2 Å². The van der Waals surface area contributed by atoms with E-state index in [1.54, 1.807) is 0 Å². The topological polar surface area (TPSA) is 62.3 Å². The third-order valence-electron chi connectivity index (χ3n) is 10.5. The van der Waals surface area contributed by atoms with Crippen molar-refractivity contribution in [2.45, 2.75) is 52.4 Å². The first kappa shape index (κ1) is 30.0. The monoisotopic (exact) mass is 665 g/mol. The Morgan fingerprint density at radius 1 is 0.608 bits per heavy atom. The van der Waals surface area contributed by atoms with Crippen LogP contribution in [0.15, 0.2) is 114 Å². The number of para-hydroxylation sites is 3. The second-order valence-electron chi connectivity index (χ2n) is 15.9. The standard InChI is InChI=1S/C44H36BN3O3/c1-43(2,3)26-17-18-46-40(22-26)48-33-13-9-7-11-28(33)29-23-37-31(24-34(29)48)45-30-19-25(42-47-32-12-8-10-14-36(32)51-42)15-16-35(30)49-38-20-27(44(4,5)6)21-39(50-37)41(38)45/h7-24H,1-6H3. The van der Waals surface area contributed by atoms with E-state index in [1.165, 1.54) is 5.56 Å². The first-order chi connectivity index (χ1) is 24.5. The van der Waals surface area contributed by atoms with Crippen molar-refractivity contribution in [2.24, 2.45) is 0 Å². The van der Waals surface area contributed by atoms with Crippen molar-refractivity contribution in [2.75, 3.05) is 0 Å². The Morgan fingerprint density at radius 2 is 1.33 bits per heavy atom. The van der Waals surface area contributed by atoms with Crippen molar-refractivity contribution in [3.8, 4) is 40.3 Å². The molecule has 2 aliphatic heterocycles. The first-order valence-electron chi connectivity index (χ1n) is 17.6. The molecule has 248 valence electrons. The summed E-state index contributed by atoms with van der Waals surface area (Å²) in [6.07, 6.45) is 1.93. The van der Waals surface area contributed by atoms with Crippen molar-refractivity contribution in [1.29, 1.82) is 0 Å². The maximum Gasteiger partial charge on any atom is 0.260 e. The third kappa shape index (κ3) is 4.57. The van der Waals surface area contributed by atoms with Crippen molar-refractivity contribution >= 4 is 56.0 Å². The zero-order valence-electron chi connectivity index (χ0n) is 29.5. The number of pyridine rings is 1. The minimum atomic E-state index is -0.148. The molecule has 10 rings (SSSR count). The maximum atomic E-state index is 6.93. The predicted molar refractivity (Wildman–Crippen MR) is 207 cm³/mol. The number of hydrogen-bond acceptors (Lipinski definition) is 5. The lowest BCUT2D eigenvalue weighted by Crippen LogP contribution is -2.57. The van der Waals surface area contributed by atoms with Crippen LogP contribution in [0.3, 0.4) is 0 Å². The largest absolute Gasteiger partial charge is 0.458 e. The SMILES string of the molecule is CC(C)(C)c1ccnc(-n2c3ccccc3c3cc4c(cc32)B2c3cc(-c5nc6ccccc6o5)ccc3Oc3cc(C(C)(C)C)cc(c32)O4)c1. The maximum absolute atomic E-state index is 6.93. The van der Waals surface area contributed by atoms with Gasteiger partial charge < -0.3 is 13.9 Å². The van der Waals surface area contributed by atoms with Gasteiger partial charge in [0.05, 0.1) is 11.0 Å². The summed E-state index contributed by atoms with van der Waals surface area (Å²) in [4.78, 5) is 9.77. The molecule has 0 saturated carbocycles.